The summed E-state index contributed by atoms with van der Waals surface area (Å²) < 4.78 is 2.22. The number of fused-ring (bicyclic) bond motifs is 1. The molecule has 0 amide bonds. The largest absolute Gasteiger partial charge is 0.396 e. The number of nitrogens with zero attached hydrogens (tertiary/aromatic N) is 2. The second-order valence-electron chi connectivity index (χ2n) is 5.47. The van der Waals surface area contributed by atoms with Gasteiger partial charge in [0.15, 0.2) is 0 Å². The molecule has 0 saturated heterocycles. The van der Waals surface area contributed by atoms with Gasteiger partial charge in [-0.1, -0.05) is 29.8 Å². The molecule has 2 aromatic rings. The number of hydrogen-bond donors (Lipinski definition) is 1. The van der Waals surface area contributed by atoms with Gasteiger partial charge in [0.05, 0.1) is 12.3 Å². The molecule has 1 aromatic carbocycles. The number of aryl methyl sites for hydroxylation is 2. The lowest BCUT2D eigenvalue weighted by Crippen LogP contribution is -2.18. The highest BCUT2D eigenvalue weighted by Crippen LogP contribution is 2.26. The van der Waals surface area contributed by atoms with Crippen LogP contribution in [0.3, 0.4) is 0 Å². The first-order chi connectivity index (χ1) is 9.26. The Morgan fingerprint density at radius 2 is 2.32 bits per heavy atom. The summed E-state index contributed by atoms with van der Waals surface area (Å²) in [6.45, 7) is 3.36. The van der Waals surface area contributed by atoms with Crippen molar-refractivity contribution in [3.8, 4) is 0 Å². The lowest BCUT2D eigenvalue weighted by Gasteiger charge is -2.21. The molecule has 1 aliphatic rings. The fourth-order valence-electron chi connectivity index (χ4n) is 2.92. The topological polar surface area (TPSA) is 38.0 Å². The molecule has 0 fully saturated rings. The molecular formula is C16H20N2O. The van der Waals surface area contributed by atoms with Gasteiger partial charge in [0.25, 0.3) is 0 Å². The molecular weight excluding hydrogens is 236 g/mol. The monoisotopic (exact) mass is 256 g/mol. The second kappa shape index (κ2) is 5.17. The molecule has 1 N–H and O–H groups in total. The van der Waals surface area contributed by atoms with Crippen molar-refractivity contribution in [1.29, 1.82) is 0 Å². The van der Waals surface area contributed by atoms with E-state index in [0.29, 0.717) is 0 Å². The van der Waals surface area contributed by atoms with Crippen molar-refractivity contribution >= 4 is 0 Å². The van der Waals surface area contributed by atoms with E-state index in [1.807, 2.05) is 0 Å². The number of aliphatic hydroxyl groups is 1. The highest BCUT2D eigenvalue weighted by molar-refractivity contribution is 5.26. The Balaban J connectivity index is 1.85. The maximum Gasteiger partial charge on any atom is 0.114 e. The average Bonchev–Trinajstić information content (AvgIpc) is 2.80. The van der Waals surface area contributed by atoms with Crippen LogP contribution < -0.4 is 0 Å². The molecule has 0 bridgehead atoms. The summed E-state index contributed by atoms with van der Waals surface area (Å²) in [5.74, 6) is 1.29. The number of aliphatic hydroxyl groups excluding tert-OH is 1. The first-order valence-corrected chi connectivity index (χ1v) is 6.98. The molecule has 1 aromatic heterocycles. The van der Waals surface area contributed by atoms with Crippen LogP contribution in [0.1, 0.15) is 41.4 Å². The fourth-order valence-corrected chi connectivity index (χ4v) is 2.92. The Morgan fingerprint density at radius 3 is 3.11 bits per heavy atom. The first-order valence-electron chi connectivity index (χ1n) is 6.98. The minimum absolute atomic E-state index is 0.209. The third-order valence-corrected chi connectivity index (χ3v) is 3.86. The Bertz CT molecular complexity index is 574. The van der Waals surface area contributed by atoms with E-state index in [1.165, 1.54) is 11.1 Å². The number of hydrogen-bond acceptors (Lipinski definition) is 2. The zero-order valence-electron chi connectivity index (χ0n) is 11.3. The summed E-state index contributed by atoms with van der Waals surface area (Å²) in [6, 6.07) is 8.57. The molecule has 0 spiro atoms. The summed E-state index contributed by atoms with van der Waals surface area (Å²) >= 11 is 0. The van der Waals surface area contributed by atoms with Crippen molar-refractivity contribution in [3.63, 3.8) is 0 Å². The third kappa shape index (κ3) is 2.56. The molecule has 1 atom stereocenters. The number of rotatable bonds is 3. The van der Waals surface area contributed by atoms with E-state index in [1.54, 1.807) is 0 Å². The highest BCUT2D eigenvalue weighted by Gasteiger charge is 2.22. The van der Waals surface area contributed by atoms with Gasteiger partial charge in [0, 0.05) is 25.1 Å². The predicted octanol–water partition coefficient (Wildman–Crippen LogP) is 2.65. The zero-order chi connectivity index (χ0) is 13.2. The molecule has 0 radical (unpaired) electrons. The van der Waals surface area contributed by atoms with Crippen molar-refractivity contribution in [3.05, 3.63) is 53.1 Å². The smallest absolute Gasteiger partial charge is 0.114 e. The van der Waals surface area contributed by atoms with E-state index in [4.69, 9.17) is 4.98 Å². The summed E-state index contributed by atoms with van der Waals surface area (Å²) in [7, 11) is 0. The first kappa shape index (κ1) is 12.4. The quantitative estimate of drug-likeness (QED) is 0.916. The molecule has 3 nitrogen and oxygen atoms in total. The van der Waals surface area contributed by atoms with E-state index < -0.39 is 0 Å². The van der Waals surface area contributed by atoms with Gasteiger partial charge in [0.1, 0.15) is 5.82 Å². The van der Waals surface area contributed by atoms with Gasteiger partial charge in [-0.3, -0.25) is 0 Å². The summed E-state index contributed by atoms with van der Waals surface area (Å²) in [4.78, 5) is 4.73. The SMILES string of the molecule is Cc1cccc(Cc2cn3c(n2)C(CO)CCC3)c1. The molecule has 1 unspecified atom stereocenters. The molecule has 0 saturated carbocycles. The fraction of sp³-hybridized carbons (Fsp3) is 0.438. The molecule has 2 heterocycles. The van der Waals surface area contributed by atoms with Crippen LogP contribution in [0.15, 0.2) is 30.5 Å². The van der Waals surface area contributed by atoms with Gasteiger partial charge in [-0.2, -0.15) is 0 Å². The standard InChI is InChI=1S/C16H20N2O/c1-12-4-2-5-13(8-12)9-15-10-18-7-3-6-14(11-19)16(18)17-15/h2,4-5,8,10,14,19H,3,6-7,9,11H2,1H3. The van der Waals surface area contributed by atoms with Gasteiger partial charge >= 0.3 is 0 Å². The van der Waals surface area contributed by atoms with E-state index in [9.17, 15) is 5.11 Å². The number of imidazole rings is 1. The van der Waals surface area contributed by atoms with E-state index >= 15 is 0 Å². The van der Waals surface area contributed by atoms with Crippen molar-refractivity contribution < 1.29 is 5.11 Å². The second-order valence-corrected chi connectivity index (χ2v) is 5.47. The van der Waals surface area contributed by atoms with E-state index in [0.717, 1.165) is 37.3 Å². The van der Waals surface area contributed by atoms with Crippen LogP contribution in [0.2, 0.25) is 0 Å². The van der Waals surface area contributed by atoms with Gasteiger partial charge in [-0.15, -0.1) is 0 Å². The average molecular weight is 256 g/mol. The Kier molecular flexibility index (Phi) is 3.38. The Labute approximate surface area is 113 Å². The Hall–Kier alpha value is -1.61. The van der Waals surface area contributed by atoms with Crippen molar-refractivity contribution in [2.45, 2.75) is 38.6 Å². The molecule has 3 heteroatoms. The zero-order valence-corrected chi connectivity index (χ0v) is 11.3. The summed E-state index contributed by atoms with van der Waals surface area (Å²) in [5, 5.41) is 9.42. The molecule has 3 rings (SSSR count). The minimum Gasteiger partial charge on any atom is -0.396 e. The summed E-state index contributed by atoms with van der Waals surface area (Å²) in [6.07, 6.45) is 5.22. The van der Waals surface area contributed by atoms with Crippen LogP contribution in [0.5, 0.6) is 0 Å². The van der Waals surface area contributed by atoms with Gasteiger partial charge in [0.2, 0.25) is 0 Å². The van der Waals surface area contributed by atoms with Crippen LogP contribution in [-0.4, -0.2) is 21.3 Å². The van der Waals surface area contributed by atoms with Crippen LogP contribution in [0.4, 0.5) is 0 Å². The number of benzene rings is 1. The van der Waals surface area contributed by atoms with Gasteiger partial charge in [-0.25, -0.2) is 4.98 Å². The molecule has 0 aliphatic carbocycles. The van der Waals surface area contributed by atoms with Crippen molar-refractivity contribution in [2.24, 2.45) is 0 Å². The highest BCUT2D eigenvalue weighted by atomic mass is 16.3. The van der Waals surface area contributed by atoms with Gasteiger partial charge < -0.3 is 9.67 Å². The summed E-state index contributed by atoms with van der Waals surface area (Å²) in [5.41, 5.74) is 3.70. The molecule has 100 valence electrons. The normalized spacial score (nSPS) is 18.3. The lowest BCUT2D eigenvalue weighted by molar-refractivity contribution is 0.238. The number of aromatic nitrogens is 2. The van der Waals surface area contributed by atoms with Crippen molar-refractivity contribution in [2.75, 3.05) is 6.61 Å². The Morgan fingerprint density at radius 1 is 1.42 bits per heavy atom. The van der Waals surface area contributed by atoms with E-state index in [2.05, 4.69) is 42.0 Å². The van der Waals surface area contributed by atoms with Crippen LogP contribution in [-0.2, 0) is 13.0 Å². The lowest BCUT2D eigenvalue weighted by atomic mass is 10.0. The molecule has 19 heavy (non-hydrogen) atoms. The van der Waals surface area contributed by atoms with Crippen LogP contribution in [0, 0.1) is 6.92 Å². The van der Waals surface area contributed by atoms with Crippen LogP contribution in [0.25, 0.3) is 0 Å². The molecule has 1 aliphatic heterocycles. The third-order valence-electron chi connectivity index (χ3n) is 3.86. The maximum absolute atomic E-state index is 9.42. The minimum atomic E-state index is 0.209. The maximum atomic E-state index is 9.42. The predicted molar refractivity (Wildman–Crippen MR) is 75.3 cm³/mol. The van der Waals surface area contributed by atoms with E-state index in [-0.39, 0.29) is 12.5 Å². The van der Waals surface area contributed by atoms with Gasteiger partial charge in [-0.05, 0) is 25.3 Å². The van der Waals surface area contributed by atoms with Crippen LogP contribution >= 0.6 is 0 Å². The van der Waals surface area contributed by atoms with Crippen molar-refractivity contribution in [1.82, 2.24) is 9.55 Å².